The number of carbonyl (C=O) groups is 2. The molecule has 0 heterocycles. The first-order valence-corrected chi connectivity index (χ1v) is 9.54. The lowest BCUT2D eigenvalue weighted by molar-refractivity contribution is 0.0600. The monoisotopic (exact) mass is 425 g/mol. The molecule has 0 radical (unpaired) electrons. The van der Waals surface area contributed by atoms with Crippen LogP contribution in [0.25, 0.3) is 0 Å². The highest BCUT2D eigenvalue weighted by molar-refractivity contribution is 6.31. The summed E-state index contributed by atoms with van der Waals surface area (Å²) in [7, 11) is 1.27. The number of benzene rings is 3. The summed E-state index contributed by atoms with van der Waals surface area (Å²) in [5, 5.41) is 13.0. The first-order chi connectivity index (χ1) is 14.5. The lowest BCUT2D eigenvalue weighted by Crippen LogP contribution is -2.14. The van der Waals surface area contributed by atoms with E-state index in [1.54, 1.807) is 12.1 Å². The van der Waals surface area contributed by atoms with Crippen LogP contribution in [0.2, 0.25) is 5.02 Å². The molecule has 7 heteroatoms. The lowest BCUT2D eigenvalue weighted by atomic mass is 10.1. The molecule has 0 spiro atoms. The zero-order valence-electron chi connectivity index (χ0n) is 16.2. The van der Waals surface area contributed by atoms with Crippen molar-refractivity contribution in [3.8, 4) is 11.5 Å². The Labute approximate surface area is 179 Å². The first-order valence-electron chi connectivity index (χ1n) is 9.17. The van der Waals surface area contributed by atoms with Gasteiger partial charge < -0.3 is 19.9 Å². The maximum absolute atomic E-state index is 12.7. The van der Waals surface area contributed by atoms with Crippen LogP contribution in [0.5, 0.6) is 11.5 Å². The number of nitrogens with one attached hydrogen (secondary N) is 1. The van der Waals surface area contributed by atoms with Gasteiger partial charge in [-0.1, -0.05) is 41.9 Å². The average Bonchev–Trinajstić information content (AvgIpc) is 2.76. The van der Waals surface area contributed by atoms with Crippen LogP contribution in [0.4, 0.5) is 5.69 Å². The van der Waals surface area contributed by atoms with Gasteiger partial charge in [0.2, 0.25) is 0 Å². The SMILES string of the molecule is COC(=O)c1ccc(OCCc2ccccc2)c(NC(=O)c2cc(Cl)ccc2O)c1. The number of hydrogen-bond acceptors (Lipinski definition) is 5. The number of ether oxygens (including phenoxy) is 2. The predicted molar refractivity (Wildman–Crippen MR) is 114 cm³/mol. The third kappa shape index (κ3) is 5.30. The zero-order chi connectivity index (χ0) is 21.5. The fourth-order valence-corrected chi connectivity index (χ4v) is 2.97. The fourth-order valence-electron chi connectivity index (χ4n) is 2.80. The van der Waals surface area contributed by atoms with E-state index in [0.29, 0.717) is 23.8 Å². The van der Waals surface area contributed by atoms with Gasteiger partial charge in [0.15, 0.2) is 0 Å². The van der Waals surface area contributed by atoms with Crippen molar-refractivity contribution >= 4 is 29.2 Å². The van der Waals surface area contributed by atoms with E-state index in [9.17, 15) is 14.7 Å². The molecule has 3 aromatic carbocycles. The number of amides is 1. The molecule has 154 valence electrons. The van der Waals surface area contributed by atoms with Crippen LogP contribution >= 0.6 is 11.6 Å². The van der Waals surface area contributed by atoms with Crippen molar-refractivity contribution < 1.29 is 24.2 Å². The van der Waals surface area contributed by atoms with Crippen molar-refractivity contribution in [2.45, 2.75) is 6.42 Å². The molecule has 3 aromatic rings. The number of carbonyl (C=O) groups excluding carboxylic acids is 2. The van der Waals surface area contributed by atoms with Crippen molar-refractivity contribution in [2.75, 3.05) is 19.0 Å². The molecule has 0 fully saturated rings. The summed E-state index contributed by atoms with van der Waals surface area (Å²) >= 11 is 5.93. The molecule has 0 saturated carbocycles. The summed E-state index contributed by atoms with van der Waals surface area (Å²) in [4.78, 5) is 24.6. The van der Waals surface area contributed by atoms with Crippen LogP contribution < -0.4 is 10.1 Å². The van der Waals surface area contributed by atoms with Crippen LogP contribution in [0.1, 0.15) is 26.3 Å². The van der Waals surface area contributed by atoms with Crippen molar-refractivity contribution in [1.29, 1.82) is 0 Å². The van der Waals surface area contributed by atoms with Gasteiger partial charge in [-0.2, -0.15) is 0 Å². The van der Waals surface area contributed by atoms with Gasteiger partial charge in [0.05, 0.1) is 30.5 Å². The molecule has 30 heavy (non-hydrogen) atoms. The molecular formula is C23H20ClNO5. The predicted octanol–water partition coefficient (Wildman–Crippen LogP) is 4.71. The van der Waals surface area contributed by atoms with Gasteiger partial charge in [-0.15, -0.1) is 0 Å². The minimum atomic E-state index is -0.593. The van der Waals surface area contributed by atoms with Gasteiger partial charge >= 0.3 is 5.97 Å². The maximum atomic E-state index is 12.7. The van der Waals surface area contributed by atoms with Crippen molar-refractivity contribution in [3.05, 3.63) is 88.4 Å². The molecule has 0 aliphatic heterocycles. The highest BCUT2D eigenvalue weighted by Gasteiger charge is 2.17. The minimum absolute atomic E-state index is 0.00112. The van der Waals surface area contributed by atoms with Crippen LogP contribution in [0, 0.1) is 0 Å². The standard InChI is InChI=1S/C23H20ClNO5/c1-29-23(28)16-7-10-21(30-12-11-15-5-3-2-4-6-15)19(13-16)25-22(27)18-14-17(24)8-9-20(18)26/h2-10,13-14,26H,11-12H2,1H3,(H,25,27). The summed E-state index contributed by atoms with van der Waals surface area (Å²) in [5.41, 5.74) is 1.63. The van der Waals surface area contributed by atoms with Gasteiger partial charge in [-0.05, 0) is 42.0 Å². The molecule has 0 saturated heterocycles. The van der Waals surface area contributed by atoms with Crippen LogP contribution in [-0.2, 0) is 11.2 Å². The van der Waals surface area contributed by atoms with Crippen LogP contribution in [0.3, 0.4) is 0 Å². The second-order valence-electron chi connectivity index (χ2n) is 6.40. The minimum Gasteiger partial charge on any atom is -0.507 e. The lowest BCUT2D eigenvalue weighted by Gasteiger charge is -2.14. The Bertz CT molecular complexity index is 1050. The Hall–Kier alpha value is -3.51. The average molecular weight is 426 g/mol. The third-order valence-electron chi connectivity index (χ3n) is 4.34. The summed E-state index contributed by atoms with van der Waals surface area (Å²) in [6.45, 7) is 0.368. The van der Waals surface area contributed by atoms with Gasteiger partial charge in [-0.3, -0.25) is 4.79 Å². The van der Waals surface area contributed by atoms with E-state index >= 15 is 0 Å². The quantitative estimate of drug-likeness (QED) is 0.536. The number of methoxy groups -OCH3 is 1. The molecule has 0 bridgehead atoms. The van der Waals surface area contributed by atoms with Crippen molar-refractivity contribution in [1.82, 2.24) is 0 Å². The molecular weight excluding hydrogens is 406 g/mol. The van der Waals surface area contributed by atoms with E-state index in [2.05, 4.69) is 5.32 Å². The molecule has 0 aliphatic carbocycles. The Morgan fingerprint density at radius 2 is 1.80 bits per heavy atom. The van der Waals surface area contributed by atoms with E-state index in [4.69, 9.17) is 21.1 Å². The number of esters is 1. The molecule has 0 atom stereocenters. The number of hydrogen-bond donors (Lipinski definition) is 2. The summed E-state index contributed by atoms with van der Waals surface area (Å²) in [6.07, 6.45) is 0.669. The summed E-state index contributed by atoms with van der Waals surface area (Å²) in [5.74, 6) is -0.974. The molecule has 0 aromatic heterocycles. The molecule has 1 amide bonds. The largest absolute Gasteiger partial charge is 0.507 e. The number of rotatable bonds is 7. The Balaban J connectivity index is 1.82. The van der Waals surface area contributed by atoms with E-state index in [1.165, 1.54) is 31.4 Å². The second-order valence-corrected chi connectivity index (χ2v) is 6.84. The van der Waals surface area contributed by atoms with Crippen molar-refractivity contribution in [3.63, 3.8) is 0 Å². The highest BCUT2D eigenvalue weighted by atomic mass is 35.5. The smallest absolute Gasteiger partial charge is 0.337 e. The molecule has 2 N–H and O–H groups in total. The normalized spacial score (nSPS) is 10.3. The van der Waals surface area contributed by atoms with Gasteiger partial charge in [0, 0.05) is 11.4 Å². The zero-order valence-corrected chi connectivity index (χ0v) is 17.0. The Kier molecular flexibility index (Phi) is 6.93. The Morgan fingerprint density at radius 1 is 1.03 bits per heavy atom. The maximum Gasteiger partial charge on any atom is 0.337 e. The van der Waals surface area contributed by atoms with Gasteiger partial charge in [0.1, 0.15) is 11.5 Å². The van der Waals surface area contributed by atoms with E-state index in [0.717, 1.165) is 5.56 Å². The molecule has 0 unspecified atom stereocenters. The van der Waals surface area contributed by atoms with Crippen LogP contribution in [0.15, 0.2) is 66.7 Å². The van der Waals surface area contributed by atoms with Gasteiger partial charge in [0.25, 0.3) is 5.91 Å². The fraction of sp³-hybridized carbons (Fsp3) is 0.130. The van der Waals surface area contributed by atoms with E-state index in [-0.39, 0.29) is 22.6 Å². The third-order valence-corrected chi connectivity index (χ3v) is 4.58. The second kappa shape index (κ2) is 9.80. The topological polar surface area (TPSA) is 84.9 Å². The molecule has 0 aliphatic rings. The molecule has 3 rings (SSSR count). The summed E-state index contributed by atoms with van der Waals surface area (Å²) < 4.78 is 10.6. The van der Waals surface area contributed by atoms with E-state index < -0.39 is 11.9 Å². The Morgan fingerprint density at radius 3 is 2.53 bits per heavy atom. The molecule has 6 nitrogen and oxygen atoms in total. The number of aromatic hydroxyl groups is 1. The van der Waals surface area contributed by atoms with Crippen molar-refractivity contribution in [2.24, 2.45) is 0 Å². The number of anilines is 1. The van der Waals surface area contributed by atoms with Crippen LogP contribution in [-0.4, -0.2) is 30.7 Å². The number of halogens is 1. The van der Waals surface area contributed by atoms with Gasteiger partial charge in [-0.25, -0.2) is 4.79 Å². The number of phenolic OH excluding ortho intramolecular Hbond substituents is 1. The first kappa shape index (κ1) is 21.2. The number of phenols is 1. The van der Waals surface area contributed by atoms with E-state index in [1.807, 2.05) is 30.3 Å². The summed E-state index contributed by atoms with van der Waals surface area (Å²) in [6, 6.07) is 18.6. The highest BCUT2D eigenvalue weighted by Crippen LogP contribution is 2.29.